The van der Waals surface area contributed by atoms with E-state index in [1.807, 2.05) is 49.3 Å². The second kappa shape index (κ2) is 6.94. The number of rotatable bonds is 3. The summed E-state index contributed by atoms with van der Waals surface area (Å²) in [6, 6.07) is 10.00. The molecule has 138 valence electrons. The van der Waals surface area contributed by atoms with Gasteiger partial charge in [-0.2, -0.15) is 0 Å². The monoisotopic (exact) mass is 355 g/mol. The van der Waals surface area contributed by atoms with Crippen molar-refractivity contribution in [3.8, 4) is 11.5 Å². The third-order valence-corrected chi connectivity index (χ3v) is 5.25. The number of benzene rings is 1. The van der Waals surface area contributed by atoms with E-state index in [2.05, 4.69) is 16.0 Å². The average molecular weight is 355 g/mol. The van der Waals surface area contributed by atoms with Gasteiger partial charge < -0.3 is 24.3 Å². The van der Waals surface area contributed by atoms with E-state index in [4.69, 9.17) is 9.47 Å². The van der Waals surface area contributed by atoms with Gasteiger partial charge >= 0.3 is 6.03 Å². The van der Waals surface area contributed by atoms with Crippen LogP contribution in [0.2, 0.25) is 0 Å². The van der Waals surface area contributed by atoms with Crippen molar-refractivity contribution in [3.05, 3.63) is 47.8 Å². The number of nitrogens with zero attached hydrogens (tertiary/aromatic N) is 2. The summed E-state index contributed by atoms with van der Waals surface area (Å²) >= 11 is 0. The Hall–Kier alpha value is -2.63. The highest BCUT2D eigenvalue weighted by Crippen LogP contribution is 2.34. The lowest BCUT2D eigenvalue weighted by atomic mass is 10.1. The highest BCUT2D eigenvalue weighted by Gasteiger charge is 2.32. The molecular weight excluding hydrogens is 330 g/mol. The van der Waals surface area contributed by atoms with Crippen molar-refractivity contribution in [1.29, 1.82) is 0 Å². The fourth-order valence-corrected chi connectivity index (χ4v) is 3.82. The van der Waals surface area contributed by atoms with Crippen LogP contribution in [-0.4, -0.2) is 35.3 Å². The Morgan fingerprint density at radius 3 is 2.81 bits per heavy atom. The number of nitrogens with one attached hydrogen (secondary N) is 1. The van der Waals surface area contributed by atoms with Crippen LogP contribution < -0.4 is 14.8 Å². The van der Waals surface area contributed by atoms with Gasteiger partial charge in [-0.3, -0.25) is 0 Å². The van der Waals surface area contributed by atoms with E-state index in [-0.39, 0.29) is 18.1 Å². The Morgan fingerprint density at radius 1 is 1.23 bits per heavy atom. The molecule has 1 aromatic carbocycles. The Morgan fingerprint density at radius 2 is 2.04 bits per heavy atom. The molecule has 0 saturated carbocycles. The molecule has 0 radical (unpaired) electrons. The number of amides is 2. The van der Waals surface area contributed by atoms with E-state index in [1.165, 1.54) is 5.69 Å². The molecule has 2 atom stereocenters. The van der Waals surface area contributed by atoms with E-state index >= 15 is 0 Å². The zero-order valence-corrected chi connectivity index (χ0v) is 15.3. The zero-order valence-electron chi connectivity index (χ0n) is 15.3. The predicted molar refractivity (Wildman–Crippen MR) is 98.5 cm³/mol. The maximum atomic E-state index is 12.9. The summed E-state index contributed by atoms with van der Waals surface area (Å²) in [7, 11) is 2.03. The summed E-state index contributed by atoms with van der Waals surface area (Å²) in [5, 5.41) is 3.14. The Bertz CT molecular complexity index is 801. The second-order valence-electron chi connectivity index (χ2n) is 6.97. The third kappa shape index (κ3) is 3.11. The summed E-state index contributed by atoms with van der Waals surface area (Å²) in [5.74, 6) is 1.51. The number of likely N-dealkylation sites (tertiary alicyclic amines) is 1. The molecular formula is C20H25N3O3. The topological polar surface area (TPSA) is 55.7 Å². The van der Waals surface area contributed by atoms with Crippen LogP contribution in [0.1, 0.15) is 43.1 Å². The summed E-state index contributed by atoms with van der Waals surface area (Å²) in [5.41, 5.74) is 2.20. The minimum Gasteiger partial charge on any atom is -0.486 e. The van der Waals surface area contributed by atoms with Gasteiger partial charge in [0.2, 0.25) is 0 Å². The number of ether oxygens (including phenoxy) is 2. The van der Waals surface area contributed by atoms with Crippen molar-refractivity contribution in [1.82, 2.24) is 14.8 Å². The minimum atomic E-state index is -0.104. The number of hydrogen-bond donors (Lipinski definition) is 1. The van der Waals surface area contributed by atoms with Crippen molar-refractivity contribution in [2.24, 2.45) is 7.05 Å². The van der Waals surface area contributed by atoms with Crippen molar-refractivity contribution >= 4 is 6.03 Å². The first-order chi connectivity index (χ1) is 12.6. The number of aryl methyl sites for hydroxylation is 1. The smallest absolute Gasteiger partial charge is 0.318 e. The molecule has 2 aliphatic heterocycles. The molecule has 0 bridgehead atoms. The van der Waals surface area contributed by atoms with Gasteiger partial charge in [-0.1, -0.05) is 6.07 Å². The van der Waals surface area contributed by atoms with Crippen molar-refractivity contribution in [2.75, 3.05) is 19.8 Å². The molecule has 3 heterocycles. The SMILES string of the molecule is CC(NC(=O)N1CCCC1c1cccn1C)c1ccc2c(c1)OCCO2. The molecule has 1 fully saturated rings. The van der Waals surface area contributed by atoms with E-state index in [0.717, 1.165) is 36.4 Å². The van der Waals surface area contributed by atoms with Crippen LogP contribution >= 0.6 is 0 Å². The summed E-state index contributed by atoms with van der Waals surface area (Å²) < 4.78 is 13.3. The lowest BCUT2D eigenvalue weighted by molar-refractivity contribution is 0.171. The summed E-state index contributed by atoms with van der Waals surface area (Å²) in [6.07, 6.45) is 4.06. The quantitative estimate of drug-likeness (QED) is 0.918. The second-order valence-corrected chi connectivity index (χ2v) is 6.97. The van der Waals surface area contributed by atoms with E-state index < -0.39 is 0 Å². The molecule has 6 heteroatoms. The molecule has 6 nitrogen and oxygen atoms in total. The fourth-order valence-electron chi connectivity index (χ4n) is 3.82. The largest absolute Gasteiger partial charge is 0.486 e. The van der Waals surface area contributed by atoms with Gasteiger partial charge in [0.05, 0.1) is 12.1 Å². The maximum Gasteiger partial charge on any atom is 0.318 e. The first kappa shape index (κ1) is 16.8. The van der Waals surface area contributed by atoms with Crippen LogP contribution in [0.15, 0.2) is 36.5 Å². The molecule has 1 saturated heterocycles. The van der Waals surface area contributed by atoms with Gasteiger partial charge in [0.1, 0.15) is 13.2 Å². The van der Waals surface area contributed by atoms with Crippen molar-refractivity contribution in [3.63, 3.8) is 0 Å². The lowest BCUT2D eigenvalue weighted by Gasteiger charge is -2.28. The molecule has 1 N–H and O–H groups in total. The fraction of sp³-hybridized carbons (Fsp3) is 0.450. The highest BCUT2D eigenvalue weighted by atomic mass is 16.6. The molecule has 4 rings (SSSR count). The summed E-state index contributed by atoms with van der Waals surface area (Å²) in [6.45, 7) is 3.92. The average Bonchev–Trinajstić information content (AvgIpc) is 3.29. The van der Waals surface area contributed by atoms with E-state index in [9.17, 15) is 4.79 Å². The number of fused-ring (bicyclic) bond motifs is 1. The molecule has 0 aliphatic carbocycles. The number of aromatic nitrogens is 1. The summed E-state index contributed by atoms with van der Waals surface area (Å²) in [4.78, 5) is 14.8. The molecule has 2 aliphatic rings. The molecule has 2 unspecified atom stereocenters. The van der Waals surface area contributed by atoms with E-state index in [1.54, 1.807) is 0 Å². The zero-order chi connectivity index (χ0) is 18.1. The van der Waals surface area contributed by atoms with Gasteiger partial charge in [-0.25, -0.2) is 4.79 Å². The van der Waals surface area contributed by atoms with Gasteiger partial charge in [0.15, 0.2) is 11.5 Å². The van der Waals surface area contributed by atoms with Crippen LogP contribution in [0.4, 0.5) is 4.79 Å². The first-order valence-corrected chi connectivity index (χ1v) is 9.21. The van der Waals surface area contributed by atoms with Gasteiger partial charge in [0.25, 0.3) is 0 Å². The standard InChI is InChI=1S/C20H25N3O3/c1-14(15-7-8-18-19(13-15)26-12-11-25-18)21-20(24)23-10-4-6-17(23)16-5-3-9-22(16)2/h3,5,7-9,13-14,17H,4,6,10-12H2,1-2H3,(H,21,24). The van der Waals surface area contributed by atoms with Gasteiger partial charge in [-0.05, 0) is 49.6 Å². The number of hydrogen-bond acceptors (Lipinski definition) is 3. The normalized spacial score (nSPS) is 20.1. The first-order valence-electron chi connectivity index (χ1n) is 9.21. The lowest BCUT2D eigenvalue weighted by Crippen LogP contribution is -2.41. The minimum absolute atomic E-state index is 0.0175. The maximum absolute atomic E-state index is 12.9. The Labute approximate surface area is 153 Å². The number of urea groups is 1. The molecule has 2 amide bonds. The molecule has 2 aromatic rings. The number of carbonyl (C=O) groups excluding carboxylic acids is 1. The Kier molecular flexibility index (Phi) is 4.49. The van der Waals surface area contributed by atoms with Gasteiger partial charge in [-0.15, -0.1) is 0 Å². The van der Waals surface area contributed by atoms with Crippen molar-refractivity contribution in [2.45, 2.75) is 31.8 Å². The highest BCUT2D eigenvalue weighted by molar-refractivity contribution is 5.75. The van der Waals surface area contributed by atoms with E-state index in [0.29, 0.717) is 13.2 Å². The number of carbonyl (C=O) groups is 1. The molecule has 0 spiro atoms. The van der Waals surface area contributed by atoms with Crippen LogP contribution in [0.25, 0.3) is 0 Å². The molecule has 26 heavy (non-hydrogen) atoms. The Balaban J connectivity index is 1.46. The molecule has 1 aromatic heterocycles. The predicted octanol–water partition coefficient (Wildman–Crippen LogP) is 3.40. The van der Waals surface area contributed by atoms with Crippen LogP contribution in [0.3, 0.4) is 0 Å². The van der Waals surface area contributed by atoms with Crippen LogP contribution in [0.5, 0.6) is 11.5 Å². The van der Waals surface area contributed by atoms with Gasteiger partial charge in [0, 0.05) is 25.5 Å². The van der Waals surface area contributed by atoms with Crippen molar-refractivity contribution < 1.29 is 14.3 Å². The third-order valence-electron chi connectivity index (χ3n) is 5.25. The van der Waals surface area contributed by atoms with Crippen LogP contribution in [0, 0.1) is 0 Å². The van der Waals surface area contributed by atoms with Crippen LogP contribution in [-0.2, 0) is 7.05 Å².